The van der Waals surface area contributed by atoms with Crippen LogP contribution >= 0.6 is 0 Å². The standard InChI is InChI=1S/C20H25NO6/c1-27-19-9-13(2-5-17(19)24)6-7-21-20(26)10-14(12-22)8-15-3-4-16(23)11-18(15)25/h2-5,9,11,14,22-25H,6-8,10,12H2,1H3,(H,21,26). The van der Waals surface area contributed by atoms with E-state index in [4.69, 9.17) is 4.74 Å². The van der Waals surface area contributed by atoms with Gasteiger partial charge in [0.1, 0.15) is 11.5 Å². The molecule has 0 aliphatic carbocycles. The molecule has 2 aromatic rings. The van der Waals surface area contributed by atoms with Crippen molar-refractivity contribution in [2.24, 2.45) is 5.92 Å². The number of aromatic hydroxyl groups is 3. The molecule has 5 N–H and O–H groups in total. The summed E-state index contributed by atoms with van der Waals surface area (Å²) in [6.45, 7) is 0.221. The van der Waals surface area contributed by atoms with Crippen molar-refractivity contribution in [1.82, 2.24) is 5.32 Å². The largest absolute Gasteiger partial charge is 0.508 e. The van der Waals surface area contributed by atoms with E-state index in [1.165, 1.54) is 19.2 Å². The number of phenols is 3. The molecule has 0 radical (unpaired) electrons. The molecule has 0 aromatic heterocycles. The number of carbonyl (C=O) groups excluding carboxylic acids is 1. The number of rotatable bonds is 9. The van der Waals surface area contributed by atoms with Crippen molar-refractivity contribution in [3.05, 3.63) is 47.5 Å². The summed E-state index contributed by atoms with van der Waals surface area (Å²) >= 11 is 0. The van der Waals surface area contributed by atoms with Gasteiger partial charge in [0.15, 0.2) is 11.5 Å². The van der Waals surface area contributed by atoms with E-state index in [0.29, 0.717) is 30.7 Å². The van der Waals surface area contributed by atoms with Crippen LogP contribution in [-0.4, -0.2) is 46.6 Å². The fraction of sp³-hybridized carbons (Fsp3) is 0.350. The second-order valence-corrected chi connectivity index (χ2v) is 6.38. The van der Waals surface area contributed by atoms with Crippen molar-refractivity contribution < 1.29 is 30.0 Å². The van der Waals surface area contributed by atoms with Crippen LogP contribution < -0.4 is 10.1 Å². The molecule has 2 rings (SSSR count). The summed E-state index contributed by atoms with van der Waals surface area (Å²) < 4.78 is 5.05. The summed E-state index contributed by atoms with van der Waals surface area (Å²) in [5.41, 5.74) is 1.48. The lowest BCUT2D eigenvalue weighted by atomic mass is 9.96. The van der Waals surface area contributed by atoms with Crippen LogP contribution in [0.4, 0.5) is 0 Å². The number of ether oxygens (including phenoxy) is 1. The van der Waals surface area contributed by atoms with Crippen molar-refractivity contribution in [1.29, 1.82) is 0 Å². The van der Waals surface area contributed by atoms with E-state index < -0.39 is 0 Å². The SMILES string of the molecule is COc1cc(CCNC(=O)CC(CO)Cc2ccc(O)cc2O)ccc1O. The van der Waals surface area contributed by atoms with Gasteiger partial charge in [0, 0.05) is 25.6 Å². The highest BCUT2D eigenvalue weighted by atomic mass is 16.5. The molecule has 0 bridgehead atoms. The number of aliphatic hydroxyl groups excluding tert-OH is 1. The quantitative estimate of drug-likeness (QED) is 0.455. The molecular formula is C20H25NO6. The van der Waals surface area contributed by atoms with E-state index in [9.17, 15) is 25.2 Å². The van der Waals surface area contributed by atoms with Crippen LogP contribution in [0.15, 0.2) is 36.4 Å². The maximum absolute atomic E-state index is 12.1. The molecule has 1 atom stereocenters. The van der Waals surface area contributed by atoms with Crippen LogP contribution in [0.3, 0.4) is 0 Å². The van der Waals surface area contributed by atoms with Crippen LogP contribution in [0, 0.1) is 5.92 Å². The van der Waals surface area contributed by atoms with E-state index in [1.54, 1.807) is 24.3 Å². The molecule has 0 saturated carbocycles. The number of hydrogen-bond acceptors (Lipinski definition) is 6. The molecular weight excluding hydrogens is 350 g/mol. The summed E-state index contributed by atoms with van der Waals surface area (Å²) in [5, 5.41) is 41.1. The lowest BCUT2D eigenvalue weighted by Gasteiger charge is -2.15. The number of nitrogens with one attached hydrogen (secondary N) is 1. The van der Waals surface area contributed by atoms with Crippen molar-refractivity contribution in [3.8, 4) is 23.0 Å². The zero-order valence-corrected chi connectivity index (χ0v) is 15.2. The minimum Gasteiger partial charge on any atom is -0.508 e. The normalized spacial score (nSPS) is 11.8. The fourth-order valence-corrected chi connectivity index (χ4v) is 2.80. The molecule has 27 heavy (non-hydrogen) atoms. The summed E-state index contributed by atoms with van der Waals surface area (Å²) in [6.07, 6.45) is 1.02. The van der Waals surface area contributed by atoms with Gasteiger partial charge in [-0.15, -0.1) is 0 Å². The Bertz CT molecular complexity index is 777. The first kappa shape index (κ1) is 20.4. The number of amides is 1. The highest BCUT2D eigenvalue weighted by Gasteiger charge is 2.16. The van der Waals surface area contributed by atoms with Crippen LogP contribution in [-0.2, 0) is 17.6 Å². The monoisotopic (exact) mass is 375 g/mol. The molecule has 0 aliphatic rings. The molecule has 0 spiro atoms. The van der Waals surface area contributed by atoms with E-state index in [1.807, 2.05) is 0 Å². The van der Waals surface area contributed by atoms with Crippen LogP contribution in [0.25, 0.3) is 0 Å². The van der Waals surface area contributed by atoms with Crippen molar-refractivity contribution >= 4 is 5.91 Å². The van der Waals surface area contributed by atoms with Crippen LogP contribution in [0.1, 0.15) is 17.5 Å². The van der Waals surface area contributed by atoms with Gasteiger partial charge >= 0.3 is 0 Å². The Kier molecular flexibility index (Phi) is 7.31. The third-order valence-corrected chi connectivity index (χ3v) is 4.29. The van der Waals surface area contributed by atoms with E-state index in [0.717, 1.165) is 5.56 Å². The molecule has 7 nitrogen and oxygen atoms in total. The zero-order chi connectivity index (χ0) is 19.8. The molecule has 0 saturated heterocycles. The number of aliphatic hydroxyl groups is 1. The molecule has 0 fully saturated rings. The number of phenolic OH excluding ortho intramolecular Hbond substituents is 3. The molecule has 146 valence electrons. The fourth-order valence-electron chi connectivity index (χ4n) is 2.80. The Morgan fingerprint density at radius 2 is 1.89 bits per heavy atom. The predicted octanol–water partition coefficient (Wildman–Crippen LogP) is 1.71. The Balaban J connectivity index is 1.82. The minimum absolute atomic E-state index is 0.0413. The Labute approximate surface area is 157 Å². The maximum Gasteiger partial charge on any atom is 0.220 e. The number of methoxy groups -OCH3 is 1. The second-order valence-electron chi connectivity index (χ2n) is 6.38. The van der Waals surface area contributed by atoms with Gasteiger partial charge in [0.05, 0.1) is 7.11 Å². The molecule has 1 unspecified atom stereocenters. The average molecular weight is 375 g/mol. The number of hydrogen-bond donors (Lipinski definition) is 5. The van der Waals surface area contributed by atoms with Crippen molar-refractivity contribution in [2.75, 3.05) is 20.3 Å². The van der Waals surface area contributed by atoms with Gasteiger partial charge in [0.2, 0.25) is 5.91 Å². The Hall–Kier alpha value is -2.93. The summed E-state index contributed by atoms with van der Waals surface area (Å²) in [5.74, 6) is -0.191. The smallest absolute Gasteiger partial charge is 0.220 e. The maximum atomic E-state index is 12.1. The third kappa shape index (κ3) is 6.07. The molecule has 0 heterocycles. The predicted molar refractivity (Wildman–Crippen MR) is 100 cm³/mol. The molecule has 7 heteroatoms. The van der Waals surface area contributed by atoms with Gasteiger partial charge in [0.25, 0.3) is 0 Å². The van der Waals surface area contributed by atoms with Gasteiger partial charge in [-0.05, 0) is 48.1 Å². The highest BCUT2D eigenvalue weighted by molar-refractivity contribution is 5.76. The summed E-state index contributed by atoms with van der Waals surface area (Å²) in [6, 6.07) is 9.27. The first-order chi connectivity index (χ1) is 12.9. The lowest BCUT2D eigenvalue weighted by molar-refractivity contribution is -0.122. The van der Waals surface area contributed by atoms with Gasteiger partial charge in [-0.25, -0.2) is 0 Å². The van der Waals surface area contributed by atoms with Crippen molar-refractivity contribution in [2.45, 2.75) is 19.3 Å². The molecule has 0 aliphatic heterocycles. The van der Waals surface area contributed by atoms with Gasteiger partial charge in [-0.1, -0.05) is 12.1 Å². The van der Waals surface area contributed by atoms with Crippen LogP contribution in [0.2, 0.25) is 0 Å². The number of carbonyl (C=O) groups is 1. The van der Waals surface area contributed by atoms with E-state index in [2.05, 4.69) is 5.32 Å². The van der Waals surface area contributed by atoms with Gasteiger partial charge in [-0.3, -0.25) is 4.79 Å². The lowest BCUT2D eigenvalue weighted by Crippen LogP contribution is -2.29. The van der Waals surface area contributed by atoms with E-state index in [-0.39, 0.29) is 42.1 Å². The average Bonchev–Trinajstić information content (AvgIpc) is 2.64. The second kappa shape index (κ2) is 9.68. The molecule has 1 amide bonds. The zero-order valence-electron chi connectivity index (χ0n) is 15.2. The first-order valence-electron chi connectivity index (χ1n) is 8.67. The summed E-state index contributed by atoms with van der Waals surface area (Å²) in [7, 11) is 1.47. The van der Waals surface area contributed by atoms with Gasteiger partial charge < -0.3 is 30.5 Å². The van der Waals surface area contributed by atoms with Gasteiger partial charge in [-0.2, -0.15) is 0 Å². The minimum atomic E-state index is -0.339. The molecule has 2 aromatic carbocycles. The van der Waals surface area contributed by atoms with Crippen molar-refractivity contribution in [3.63, 3.8) is 0 Å². The third-order valence-electron chi connectivity index (χ3n) is 4.29. The topological polar surface area (TPSA) is 119 Å². The highest BCUT2D eigenvalue weighted by Crippen LogP contribution is 2.27. The summed E-state index contributed by atoms with van der Waals surface area (Å²) in [4.78, 5) is 12.1. The Morgan fingerprint density at radius 3 is 2.56 bits per heavy atom. The van der Waals surface area contributed by atoms with Crippen LogP contribution in [0.5, 0.6) is 23.0 Å². The number of benzene rings is 2. The Morgan fingerprint density at radius 1 is 1.11 bits per heavy atom. The van der Waals surface area contributed by atoms with E-state index >= 15 is 0 Å². The first-order valence-corrected chi connectivity index (χ1v) is 8.67.